The van der Waals surface area contributed by atoms with E-state index in [4.69, 9.17) is 21.7 Å². The van der Waals surface area contributed by atoms with Gasteiger partial charge < -0.3 is 9.47 Å². The van der Waals surface area contributed by atoms with E-state index in [1.54, 1.807) is 30.1 Å². The van der Waals surface area contributed by atoms with Crippen LogP contribution in [0.3, 0.4) is 0 Å². The predicted octanol–water partition coefficient (Wildman–Crippen LogP) is 4.35. The van der Waals surface area contributed by atoms with E-state index in [1.165, 1.54) is 12.1 Å². The molecule has 28 heavy (non-hydrogen) atoms. The second kappa shape index (κ2) is 8.79. The van der Waals surface area contributed by atoms with Gasteiger partial charge in [-0.3, -0.25) is 5.10 Å². The number of hydrogen-bond acceptors (Lipinski definition) is 5. The van der Waals surface area contributed by atoms with E-state index >= 15 is 0 Å². The molecule has 0 aliphatic carbocycles. The maximum absolute atomic E-state index is 13.1. The molecule has 0 saturated heterocycles. The number of nitrogens with one attached hydrogen (secondary N) is 1. The highest BCUT2D eigenvalue weighted by Crippen LogP contribution is 2.28. The van der Waals surface area contributed by atoms with Crippen molar-refractivity contribution in [1.82, 2.24) is 14.9 Å². The molecule has 1 aromatic heterocycles. The van der Waals surface area contributed by atoms with E-state index in [0.717, 1.165) is 11.1 Å². The number of halogens is 1. The lowest BCUT2D eigenvalue weighted by Gasteiger charge is -2.13. The fourth-order valence-electron chi connectivity index (χ4n) is 2.58. The largest absolute Gasteiger partial charge is 0.493 e. The monoisotopic (exact) mass is 400 g/mol. The molecular weight excluding hydrogens is 379 g/mol. The van der Waals surface area contributed by atoms with Crippen LogP contribution in [0.5, 0.6) is 11.5 Å². The van der Waals surface area contributed by atoms with Crippen LogP contribution in [0.25, 0.3) is 0 Å². The van der Waals surface area contributed by atoms with E-state index in [9.17, 15) is 4.39 Å². The number of nitrogens with zero attached hydrogens (tertiary/aromatic N) is 3. The highest BCUT2D eigenvalue weighted by atomic mass is 32.1. The minimum absolute atomic E-state index is 0.0479. The molecule has 0 aliphatic heterocycles. The molecule has 8 heteroatoms. The topological polar surface area (TPSA) is 64.4 Å². The molecule has 0 atom stereocenters. The van der Waals surface area contributed by atoms with Crippen molar-refractivity contribution in [2.45, 2.75) is 26.4 Å². The highest BCUT2D eigenvalue weighted by Gasteiger charge is 2.09. The van der Waals surface area contributed by atoms with Crippen LogP contribution in [0.4, 0.5) is 4.39 Å². The number of ether oxygens (including phenoxy) is 2. The van der Waals surface area contributed by atoms with Crippen LogP contribution >= 0.6 is 12.2 Å². The maximum Gasteiger partial charge on any atom is 0.216 e. The molecule has 0 saturated carbocycles. The lowest BCUT2D eigenvalue weighted by atomic mass is 10.1. The van der Waals surface area contributed by atoms with Crippen LogP contribution < -0.4 is 9.47 Å². The van der Waals surface area contributed by atoms with Crippen molar-refractivity contribution in [2.24, 2.45) is 5.10 Å². The molecule has 0 radical (unpaired) electrons. The lowest BCUT2D eigenvalue weighted by Crippen LogP contribution is -2.07. The summed E-state index contributed by atoms with van der Waals surface area (Å²) in [6, 6.07) is 11.8. The van der Waals surface area contributed by atoms with Gasteiger partial charge in [0.05, 0.1) is 19.4 Å². The third-order valence-electron chi connectivity index (χ3n) is 3.87. The Kier molecular flexibility index (Phi) is 6.20. The number of hydrogen-bond donors (Lipinski definition) is 1. The average Bonchev–Trinajstić information content (AvgIpc) is 3.01. The summed E-state index contributed by atoms with van der Waals surface area (Å²) < 4.78 is 26.1. The van der Waals surface area contributed by atoms with Crippen molar-refractivity contribution in [3.63, 3.8) is 0 Å². The molecule has 1 heterocycles. The molecule has 1 N–H and O–H groups in total. The zero-order chi connectivity index (χ0) is 20.1. The zero-order valence-electron chi connectivity index (χ0n) is 15.8. The summed E-state index contributed by atoms with van der Waals surface area (Å²) >= 11 is 5.27. The van der Waals surface area contributed by atoms with Gasteiger partial charge in [0.2, 0.25) is 4.77 Å². The standard InChI is InChI=1S/C20H21FN4O2S/c1-13(2)27-17-9-6-15(10-18(17)26-3)12-22-25-19(23-24-20(25)28)11-14-4-7-16(21)8-5-14/h4-10,12-13H,11H2,1-3H3,(H,24,28)/b22-12-. The van der Waals surface area contributed by atoms with Crippen LogP contribution in [0, 0.1) is 10.6 Å². The Labute approximate surface area is 167 Å². The van der Waals surface area contributed by atoms with Crippen molar-refractivity contribution in [2.75, 3.05) is 7.11 Å². The Bertz CT molecular complexity index is 1030. The summed E-state index contributed by atoms with van der Waals surface area (Å²) in [5.41, 5.74) is 1.73. The number of benzene rings is 2. The summed E-state index contributed by atoms with van der Waals surface area (Å²) in [5, 5.41) is 11.4. The number of rotatable bonds is 7. The van der Waals surface area contributed by atoms with Crippen LogP contribution in [0.2, 0.25) is 0 Å². The molecule has 6 nitrogen and oxygen atoms in total. The third-order valence-corrected chi connectivity index (χ3v) is 4.13. The molecular formula is C20H21FN4O2S. The van der Waals surface area contributed by atoms with Gasteiger partial charge in [0.15, 0.2) is 17.3 Å². The summed E-state index contributed by atoms with van der Waals surface area (Å²) in [5.74, 6) is 1.64. The molecule has 2 aromatic carbocycles. The minimum Gasteiger partial charge on any atom is -0.493 e. The zero-order valence-corrected chi connectivity index (χ0v) is 16.7. The molecule has 3 rings (SSSR count). The van der Waals surface area contributed by atoms with Crippen molar-refractivity contribution in [3.8, 4) is 11.5 Å². The predicted molar refractivity (Wildman–Crippen MR) is 108 cm³/mol. The van der Waals surface area contributed by atoms with E-state index in [2.05, 4.69) is 15.3 Å². The van der Waals surface area contributed by atoms with Gasteiger partial charge in [-0.2, -0.15) is 14.9 Å². The summed E-state index contributed by atoms with van der Waals surface area (Å²) in [7, 11) is 1.59. The summed E-state index contributed by atoms with van der Waals surface area (Å²) in [4.78, 5) is 0. The van der Waals surface area contributed by atoms with Crippen molar-refractivity contribution < 1.29 is 13.9 Å². The first-order chi connectivity index (χ1) is 13.5. The van der Waals surface area contributed by atoms with Gasteiger partial charge in [0.25, 0.3) is 0 Å². The normalized spacial score (nSPS) is 11.3. The maximum atomic E-state index is 13.1. The Morgan fingerprint density at radius 1 is 1.21 bits per heavy atom. The average molecular weight is 400 g/mol. The minimum atomic E-state index is -0.278. The van der Waals surface area contributed by atoms with Gasteiger partial charge in [0.1, 0.15) is 5.82 Å². The van der Waals surface area contributed by atoms with Crippen molar-refractivity contribution >= 4 is 18.4 Å². The second-order valence-electron chi connectivity index (χ2n) is 6.38. The SMILES string of the molecule is COc1cc(/C=N\n2c(Cc3ccc(F)cc3)n[nH]c2=S)ccc1OC(C)C. The van der Waals surface area contributed by atoms with Gasteiger partial charge in [-0.1, -0.05) is 12.1 Å². The molecule has 0 aliphatic rings. The Morgan fingerprint density at radius 3 is 2.64 bits per heavy atom. The fraction of sp³-hybridized carbons (Fsp3) is 0.250. The van der Waals surface area contributed by atoms with Crippen LogP contribution in [-0.4, -0.2) is 34.3 Å². The number of aromatic nitrogens is 3. The first-order valence-electron chi connectivity index (χ1n) is 8.76. The van der Waals surface area contributed by atoms with E-state index < -0.39 is 0 Å². The van der Waals surface area contributed by atoms with Crippen LogP contribution in [0.1, 0.15) is 30.8 Å². The number of aromatic amines is 1. The van der Waals surface area contributed by atoms with Crippen molar-refractivity contribution in [3.05, 3.63) is 70.0 Å². The lowest BCUT2D eigenvalue weighted by molar-refractivity contribution is 0.230. The quantitative estimate of drug-likeness (QED) is 0.473. The molecule has 0 unspecified atom stereocenters. The Hall–Kier alpha value is -3.00. The summed E-state index contributed by atoms with van der Waals surface area (Å²) in [6.45, 7) is 3.91. The molecule has 3 aromatic rings. The van der Waals surface area contributed by atoms with E-state index in [-0.39, 0.29) is 11.9 Å². The third kappa shape index (κ3) is 4.83. The van der Waals surface area contributed by atoms with Gasteiger partial charge in [0, 0.05) is 6.42 Å². The first kappa shape index (κ1) is 19.8. The molecule has 0 spiro atoms. The number of methoxy groups -OCH3 is 1. The van der Waals surface area contributed by atoms with Gasteiger partial charge in [-0.15, -0.1) is 0 Å². The van der Waals surface area contributed by atoms with Gasteiger partial charge in [-0.25, -0.2) is 4.39 Å². The highest BCUT2D eigenvalue weighted by molar-refractivity contribution is 7.71. The van der Waals surface area contributed by atoms with E-state index in [1.807, 2.05) is 32.0 Å². The summed E-state index contributed by atoms with van der Waals surface area (Å²) in [6.07, 6.45) is 2.18. The molecule has 0 bridgehead atoms. The Morgan fingerprint density at radius 2 is 1.96 bits per heavy atom. The number of H-pyrrole nitrogens is 1. The molecule has 0 amide bonds. The van der Waals surface area contributed by atoms with E-state index in [0.29, 0.717) is 28.5 Å². The first-order valence-corrected chi connectivity index (χ1v) is 9.17. The van der Waals surface area contributed by atoms with Crippen molar-refractivity contribution in [1.29, 1.82) is 0 Å². The molecule has 146 valence electrons. The fourth-order valence-corrected chi connectivity index (χ4v) is 2.78. The van der Waals surface area contributed by atoms with Crippen LogP contribution in [0.15, 0.2) is 47.6 Å². The van der Waals surface area contributed by atoms with Gasteiger partial charge in [-0.05, 0) is 67.5 Å². The molecule has 0 fully saturated rings. The Balaban J connectivity index is 1.83. The van der Waals surface area contributed by atoms with Crippen LogP contribution in [-0.2, 0) is 6.42 Å². The smallest absolute Gasteiger partial charge is 0.216 e. The second-order valence-corrected chi connectivity index (χ2v) is 6.77. The van der Waals surface area contributed by atoms with Gasteiger partial charge >= 0.3 is 0 Å².